The van der Waals surface area contributed by atoms with Gasteiger partial charge in [0.2, 0.25) is 0 Å². The van der Waals surface area contributed by atoms with Crippen molar-refractivity contribution in [1.82, 2.24) is 20.2 Å². The van der Waals surface area contributed by atoms with Gasteiger partial charge in [-0.3, -0.25) is 9.78 Å². The minimum Gasteiger partial charge on any atom is -0.492 e. The molecule has 2 N–H and O–H groups in total. The Morgan fingerprint density at radius 1 is 1.00 bits per heavy atom. The highest BCUT2D eigenvalue weighted by Gasteiger charge is 2.60. The molecule has 0 spiro atoms. The molecule has 1 aromatic carbocycles. The highest BCUT2D eigenvalue weighted by atomic mass is 35.5. The minimum atomic E-state index is -1.37. The van der Waals surface area contributed by atoms with E-state index in [4.69, 9.17) is 26.1 Å². The third-order valence-electron chi connectivity index (χ3n) is 9.25. The van der Waals surface area contributed by atoms with Crippen LogP contribution in [0.15, 0.2) is 54.9 Å². The standard InChI is InChI=1S/C33H37ClN4O5/c1-38(2)12-3-13-42-29-19-23(4-6-27(29)34)30-26(22-8-10-35-11-9-22)5-7-28(36-30)31(39)37-33(43-32(40)41)24-15-20-14-21(17-24)18-25(33)16-20/h4-11,19-21,24-25H,3,12-18H2,1-2H3,(H,37,39)(H,40,41). The molecule has 3 aromatic rings. The van der Waals surface area contributed by atoms with Crippen molar-refractivity contribution in [1.29, 1.82) is 0 Å². The maximum absolute atomic E-state index is 13.9. The summed E-state index contributed by atoms with van der Waals surface area (Å²) < 4.78 is 11.7. The van der Waals surface area contributed by atoms with Gasteiger partial charge in [0, 0.05) is 41.9 Å². The average molecular weight is 605 g/mol. The number of pyridine rings is 2. The van der Waals surface area contributed by atoms with E-state index in [1.54, 1.807) is 24.5 Å². The Kier molecular flexibility index (Phi) is 8.29. The second-order valence-electron chi connectivity index (χ2n) is 12.4. The molecular weight excluding hydrogens is 568 g/mol. The summed E-state index contributed by atoms with van der Waals surface area (Å²) in [6.45, 7) is 1.39. The number of nitrogens with zero attached hydrogens (tertiary/aromatic N) is 3. The molecular formula is C33H37ClN4O5. The fraction of sp³-hybridized carbons (Fsp3) is 0.455. The van der Waals surface area contributed by atoms with E-state index in [-0.39, 0.29) is 17.5 Å². The molecule has 1 amide bonds. The Morgan fingerprint density at radius 2 is 1.70 bits per heavy atom. The van der Waals surface area contributed by atoms with Crippen LogP contribution in [0.3, 0.4) is 0 Å². The van der Waals surface area contributed by atoms with Crippen LogP contribution in [0.2, 0.25) is 5.02 Å². The SMILES string of the molecule is CN(C)CCCOc1cc(-c2nc(C(=O)NC3(OC(=O)O)C4CC5CC(C4)CC3C5)ccc2-c2ccncc2)ccc1Cl. The molecule has 9 nitrogen and oxygen atoms in total. The number of carbonyl (C=O) groups is 2. The molecule has 4 aliphatic carbocycles. The van der Waals surface area contributed by atoms with Gasteiger partial charge in [-0.15, -0.1) is 0 Å². The van der Waals surface area contributed by atoms with E-state index >= 15 is 0 Å². The first kappa shape index (κ1) is 29.4. The van der Waals surface area contributed by atoms with Crippen LogP contribution in [0.1, 0.15) is 49.0 Å². The lowest BCUT2D eigenvalue weighted by atomic mass is 9.52. The van der Waals surface area contributed by atoms with Crippen LogP contribution in [0.25, 0.3) is 22.4 Å². The van der Waals surface area contributed by atoms with Gasteiger partial charge in [0.25, 0.3) is 5.91 Å². The number of benzene rings is 1. The quantitative estimate of drug-likeness (QED) is 0.156. The number of carbonyl (C=O) groups excluding carboxylic acids is 1. The Bertz CT molecular complexity index is 1470. The van der Waals surface area contributed by atoms with Crippen LogP contribution in [0, 0.1) is 23.7 Å². The van der Waals surface area contributed by atoms with Gasteiger partial charge in [0.05, 0.1) is 17.3 Å². The van der Waals surface area contributed by atoms with Gasteiger partial charge in [0.1, 0.15) is 11.4 Å². The molecule has 10 heteroatoms. The highest BCUT2D eigenvalue weighted by Crippen LogP contribution is 2.58. The summed E-state index contributed by atoms with van der Waals surface area (Å²) in [4.78, 5) is 36.9. The molecule has 2 aromatic heterocycles. The fourth-order valence-electron chi connectivity index (χ4n) is 7.56. The number of hydrogen-bond acceptors (Lipinski definition) is 7. The molecule has 7 rings (SSSR count). The molecule has 226 valence electrons. The Hall–Kier alpha value is -3.69. The van der Waals surface area contributed by atoms with E-state index in [0.29, 0.717) is 34.9 Å². The summed E-state index contributed by atoms with van der Waals surface area (Å²) in [5.41, 5.74) is 1.95. The lowest BCUT2D eigenvalue weighted by molar-refractivity contribution is -0.191. The van der Waals surface area contributed by atoms with E-state index < -0.39 is 17.8 Å². The van der Waals surface area contributed by atoms with E-state index in [2.05, 4.69) is 15.2 Å². The Morgan fingerprint density at radius 3 is 2.35 bits per heavy atom. The van der Waals surface area contributed by atoms with Crippen molar-refractivity contribution in [3.8, 4) is 28.1 Å². The maximum Gasteiger partial charge on any atom is 0.507 e. The van der Waals surface area contributed by atoms with Gasteiger partial charge in [-0.2, -0.15) is 0 Å². The smallest absolute Gasteiger partial charge is 0.492 e. The van der Waals surface area contributed by atoms with Crippen LogP contribution < -0.4 is 10.1 Å². The first-order valence-corrected chi connectivity index (χ1v) is 15.3. The average Bonchev–Trinajstić information content (AvgIpc) is 2.98. The van der Waals surface area contributed by atoms with Crippen LogP contribution in [0.5, 0.6) is 5.75 Å². The summed E-state index contributed by atoms with van der Waals surface area (Å²) >= 11 is 6.50. The Balaban J connectivity index is 1.34. The van der Waals surface area contributed by atoms with Gasteiger partial charge in [-0.05, 0) is 106 Å². The summed E-state index contributed by atoms with van der Waals surface area (Å²) in [5.74, 6) is 1.14. The normalized spacial score (nSPS) is 25.5. The molecule has 4 bridgehead atoms. The van der Waals surface area contributed by atoms with Gasteiger partial charge >= 0.3 is 6.16 Å². The zero-order valence-corrected chi connectivity index (χ0v) is 25.2. The molecule has 2 heterocycles. The van der Waals surface area contributed by atoms with Crippen molar-refractivity contribution in [2.45, 2.75) is 44.2 Å². The first-order valence-electron chi connectivity index (χ1n) is 14.9. The lowest BCUT2D eigenvalue weighted by Crippen LogP contribution is -2.68. The molecule has 43 heavy (non-hydrogen) atoms. The largest absolute Gasteiger partial charge is 0.507 e. The third kappa shape index (κ3) is 6.06. The summed E-state index contributed by atoms with van der Waals surface area (Å²) in [6, 6.07) is 12.8. The van der Waals surface area contributed by atoms with Crippen LogP contribution in [0.4, 0.5) is 4.79 Å². The van der Waals surface area contributed by atoms with Gasteiger partial charge in [0.15, 0.2) is 5.72 Å². The van der Waals surface area contributed by atoms with Crippen molar-refractivity contribution in [2.75, 3.05) is 27.2 Å². The summed E-state index contributed by atoms with van der Waals surface area (Å²) in [7, 11) is 4.03. The van der Waals surface area contributed by atoms with Crippen molar-refractivity contribution in [3.63, 3.8) is 0 Å². The summed E-state index contributed by atoms with van der Waals surface area (Å²) in [5, 5.41) is 13.3. The van der Waals surface area contributed by atoms with Gasteiger partial charge < -0.3 is 24.8 Å². The lowest BCUT2D eigenvalue weighted by Gasteiger charge is -2.59. The fourth-order valence-corrected chi connectivity index (χ4v) is 7.73. The molecule has 0 unspecified atom stereocenters. The van der Waals surface area contributed by atoms with Crippen molar-refractivity contribution in [2.24, 2.45) is 23.7 Å². The zero-order chi connectivity index (χ0) is 30.1. The van der Waals surface area contributed by atoms with Gasteiger partial charge in [-0.25, -0.2) is 9.78 Å². The van der Waals surface area contributed by atoms with Crippen LogP contribution >= 0.6 is 11.6 Å². The van der Waals surface area contributed by atoms with Crippen molar-refractivity contribution >= 4 is 23.7 Å². The second-order valence-corrected chi connectivity index (χ2v) is 12.8. The molecule has 4 fully saturated rings. The number of aromatic nitrogens is 2. The number of carboxylic acid groups (broad SMARTS) is 1. The predicted molar refractivity (Wildman–Crippen MR) is 163 cm³/mol. The van der Waals surface area contributed by atoms with E-state index in [1.165, 1.54) is 6.42 Å². The molecule has 0 saturated heterocycles. The number of halogens is 1. The second kappa shape index (κ2) is 12.1. The number of nitrogens with one attached hydrogen (secondary N) is 1. The van der Waals surface area contributed by atoms with Crippen LogP contribution in [-0.4, -0.2) is 65.0 Å². The number of hydrogen-bond donors (Lipinski definition) is 2. The monoisotopic (exact) mass is 604 g/mol. The number of ether oxygens (including phenoxy) is 2. The number of rotatable bonds is 10. The first-order chi connectivity index (χ1) is 20.7. The predicted octanol–water partition coefficient (Wildman–Crippen LogP) is 6.37. The van der Waals surface area contributed by atoms with Gasteiger partial charge in [-0.1, -0.05) is 17.7 Å². The Labute approximate surface area is 256 Å². The number of amides is 1. The minimum absolute atomic E-state index is 0.0390. The third-order valence-corrected chi connectivity index (χ3v) is 9.56. The van der Waals surface area contributed by atoms with E-state index in [9.17, 15) is 14.7 Å². The molecule has 0 atom stereocenters. The zero-order valence-electron chi connectivity index (χ0n) is 24.5. The van der Waals surface area contributed by atoms with Crippen LogP contribution in [-0.2, 0) is 4.74 Å². The molecule has 4 aliphatic rings. The van der Waals surface area contributed by atoms with E-state index in [0.717, 1.165) is 55.3 Å². The van der Waals surface area contributed by atoms with Crippen molar-refractivity contribution in [3.05, 3.63) is 65.6 Å². The molecule has 0 aliphatic heterocycles. The molecule has 0 radical (unpaired) electrons. The molecule has 4 saturated carbocycles. The summed E-state index contributed by atoms with van der Waals surface area (Å²) in [6.07, 6.45) is 7.53. The van der Waals surface area contributed by atoms with E-state index in [1.807, 2.05) is 44.4 Å². The van der Waals surface area contributed by atoms with Crippen molar-refractivity contribution < 1.29 is 24.2 Å². The topological polar surface area (TPSA) is 114 Å². The highest BCUT2D eigenvalue weighted by molar-refractivity contribution is 6.32. The maximum atomic E-state index is 13.9.